The zero-order chi connectivity index (χ0) is 28.4. The van der Waals surface area contributed by atoms with Crippen LogP contribution in [-0.2, 0) is 16.4 Å². The fourth-order valence-corrected chi connectivity index (χ4v) is 5.58. The minimum absolute atomic E-state index is 0.0279. The molecule has 9 heteroatoms. The van der Waals surface area contributed by atoms with E-state index in [1.54, 1.807) is 18.2 Å². The summed E-state index contributed by atoms with van der Waals surface area (Å²) < 4.78 is 32.4. The number of amides is 1. The van der Waals surface area contributed by atoms with Crippen LogP contribution in [-0.4, -0.2) is 56.1 Å². The highest BCUT2D eigenvalue weighted by Gasteiger charge is 2.23. The maximum absolute atomic E-state index is 12.9. The molecule has 0 heterocycles. The number of benzene rings is 3. The minimum Gasteiger partial charge on any atom is -0.490 e. The highest BCUT2D eigenvalue weighted by atomic mass is 32.2. The largest absolute Gasteiger partial charge is 0.490 e. The van der Waals surface area contributed by atoms with Gasteiger partial charge in [0.2, 0.25) is 10.0 Å². The van der Waals surface area contributed by atoms with Gasteiger partial charge in [0, 0.05) is 6.54 Å². The smallest absolute Gasteiger partial charge is 0.268 e. The van der Waals surface area contributed by atoms with Crippen LogP contribution in [0.25, 0.3) is 11.1 Å². The van der Waals surface area contributed by atoms with Gasteiger partial charge in [0.05, 0.1) is 30.1 Å². The van der Waals surface area contributed by atoms with E-state index in [0.29, 0.717) is 12.3 Å². The molecule has 214 valence electrons. The second-order valence-electron chi connectivity index (χ2n) is 10.1. The summed E-state index contributed by atoms with van der Waals surface area (Å²) in [6.07, 6.45) is 5.27. The Morgan fingerprint density at radius 2 is 1.65 bits per heavy atom. The van der Waals surface area contributed by atoms with Crippen LogP contribution in [0.3, 0.4) is 0 Å². The molecule has 0 aromatic heterocycles. The van der Waals surface area contributed by atoms with Gasteiger partial charge in [0.25, 0.3) is 5.91 Å². The molecular weight excluding hydrogens is 528 g/mol. The van der Waals surface area contributed by atoms with E-state index in [-0.39, 0.29) is 11.7 Å². The zero-order valence-corrected chi connectivity index (χ0v) is 23.4. The van der Waals surface area contributed by atoms with Gasteiger partial charge in [0.15, 0.2) is 0 Å². The molecule has 0 saturated heterocycles. The molecule has 1 aliphatic carbocycles. The molecule has 4 N–H and O–H groups in total. The van der Waals surface area contributed by atoms with E-state index in [1.165, 1.54) is 0 Å². The van der Waals surface area contributed by atoms with Crippen molar-refractivity contribution in [2.45, 2.75) is 50.7 Å². The molecule has 1 atom stereocenters. The summed E-state index contributed by atoms with van der Waals surface area (Å²) in [5.41, 5.74) is 3.99. The molecule has 1 amide bonds. The topological polar surface area (TPSA) is 125 Å². The Morgan fingerprint density at radius 3 is 2.35 bits per heavy atom. The summed E-state index contributed by atoms with van der Waals surface area (Å²) in [6.45, 7) is 0.632. The Hall–Kier alpha value is -3.24. The quantitative estimate of drug-likeness (QED) is 0.231. The fraction of sp³-hybridized carbons (Fsp3) is 0.387. The van der Waals surface area contributed by atoms with Gasteiger partial charge in [0.1, 0.15) is 5.75 Å². The molecule has 1 saturated carbocycles. The Kier molecular flexibility index (Phi) is 10.7. The van der Waals surface area contributed by atoms with Gasteiger partial charge < -0.3 is 20.3 Å². The monoisotopic (exact) mass is 566 g/mol. The normalized spacial score (nSPS) is 14.9. The first-order valence-corrected chi connectivity index (χ1v) is 15.5. The van der Waals surface area contributed by atoms with Crippen molar-refractivity contribution in [3.05, 3.63) is 89.5 Å². The Morgan fingerprint density at radius 1 is 0.950 bits per heavy atom. The van der Waals surface area contributed by atoms with Crippen LogP contribution in [0.1, 0.15) is 59.7 Å². The van der Waals surface area contributed by atoms with E-state index in [9.17, 15) is 18.3 Å². The van der Waals surface area contributed by atoms with Crippen molar-refractivity contribution in [2.24, 2.45) is 0 Å². The SMILES string of the molecule is O=C(NS(=O)(=O)CCO)c1ccc(-c2ccc(CCNC[C@H](O)c3ccccc3)cc2)cc1OC1CCCCC1. The lowest BCUT2D eigenvalue weighted by Gasteiger charge is -2.24. The second kappa shape index (κ2) is 14.4. The molecule has 0 aliphatic heterocycles. The molecule has 3 aromatic rings. The van der Waals surface area contributed by atoms with Crippen molar-refractivity contribution >= 4 is 15.9 Å². The molecule has 3 aromatic carbocycles. The van der Waals surface area contributed by atoms with Crippen molar-refractivity contribution in [3.8, 4) is 16.9 Å². The number of ether oxygens (including phenoxy) is 1. The van der Waals surface area contributed by atoms with Crippen LogP contribution in [0.2, 0.25) is 0 Å². The number of carbonyl (C=O) groups is 1. The third kappa shape index (κ3) is 8.63. The summed E-state index contributed by atoms with van der Waals surface area (Å²) in [5, 5.41) is 22.6. The lowest BCUT2D eigenvalue weighted by molar-refractivity contribution is 0.0969. The van der Waals surface area contributed by atoms with E-state index >= 15 is 0 Å². The van der Waals surface area contributed by atoms with E-state index in [2.05, 4.69) is 5.32 Å². The maximum atomic E-state index is 12.9. The maximum Gasteiger partial charge on any atom is 0.268 e. The van der Waals surface area contributed by atoms with Crippen LogP contribution < -0.4 is 14.8 Å². The molecule has 0 radical (unpaired) electrons. The average molecular weight is 567 g/mol. The molecule has 0 spiro atoms. The van der Waals surface area contributed by atoms with Crippen LogP contribution in [0.15, 0.2) is 72.8 Å². The predicted octanol–water partition coefficient (Wildman–Crippen LogP) is 3.98. The van der Waals surface area contributed by atoms with Crippen molar-refractivity contribution in [3.63, 3.8) is 0 Å². The van der Waals surface area contributed by atoms with E-state index < -0.39 is 34.4 Å². The van der Waals surface area contributed by atoms with Gasteiger partial charge >= 0.3 is 0 Å². The van der Waals surface area contributed by atoms with Gasteiger partial charge in [-0.25, -0.2) is 13.1 Å². The van der Waals surface area contributed by atoms with Crippen LogP contribution in [0, 0.1) is 0 Å². The summed E-state index contributed by atoms with van der Waals surface area (Å²) in [4.78, 5) is 12.9. The Balaban J connectivity index is 1.42. The highest BCUT2D eigenvalue weighted by molar-refractivity contribution is 7.90. The number of carbonyl (C=O) groups excluding carboxylic acids is 1. The van der Waals surface area contributed by atoms with Crippen molar-refractivity contribution in [1.29, 1.82) is 0 Å². The number of hydrogen-bond acceptors (Lipinski definition) is 7. The predicted molar refractivity (Wildman–Crippen MR) is 156 cm³/mol. The third-order valence-corrected chi connectivity index (χ3v) is 8.30. The second-order valence-corrected chi connectivity index (χ2v) is 12.0. The fourth-order valence-electron chi connectivity index (χ4n) is 4.85. The lowest BCUT2D eigenvalue weighted by Crippen LogP contribution is -2.34. The first-order valence-electron chi connectivity index (χ1n) is 13.8. The summed E-state index contributed by atoms with van der Waals surface area (Å²) in [6, 6.07) is 22.9. The van der Waals surface area contributed by atoms with Crippen LogP contribution >= 0.6 is 0 Å². The molecule has 4 rings (SSSR count). The summed E-state index contributed by atoms with van der Waals surface area (Å²) in [5.74, 6) is -0.970. The molecule has 40 heavy (non-hydrogen) atoms. The molecule has 1 fully saturated rings. The van der Waals surface area contributed by atoms with E-state index in [0.717, 1.165) is 67.3 Å². The number of aliphatic hydroxyl groups is 2. The van der Waals surface area contributed by atoms with E-state index in [1.807, 2.05) is 59.3 Å². The number of sulfonamides is 1. The number of nitrogens with one attached hydrogen (secondary N) is 2. The Labute approximate surface area is 236 Å². The van der Waals surface area contributed by atoms with Gasteiger partial charge in [-0.15, -0.1) is 0 Å². The first kappa shape index (κ1) is 29.7. The van der Waals surface area contributed by atoms with Crippen molar-refractivity contribution in [2.75, 3.05) is 25.4 Å². The number of rotatable bonds is 13. The molecule has 8 nitrogen and oxygen atoms in total. The minimum atomic E-state index is -3.95. The molecule has 0 bridgehead atoms. The van der Waals surface area contributed by atoms with Gasteiger partial charge in [-0.2, -0.15) is 0 Å². The number of hydrogen-bond donors (Lipinski definition) is 4. The third-order valence-electron chi connectivity index (χ3n) is 7.08. The number of aliphatic hydroxyl groups excluding tert-OH is 2. The van der Waals surface area contributed by atoms with Crippen molar-refractivity contribution in [1.82, 2.24) is 10.0 Å². The summed E-state index contributed by atoms with van der Waals surface area (Å²) in [7, 11) is -3.95. The van der Waals surface area contributed by atoms with E-state index in [4.69, 9.17) is 9.84 Å². The average Bonchev–Trinajstić information content (AvgIpc) is 2.96. The molecular formula is C31H38N2O6S. The highest BCUT2D eigenvalue weighted by Crippen LogP contribution is 2.31. The first-order chi connectivity index (χ1) is 19.3. The van der Waals surface area contributed by atoms with Gasteiger partial charge in [-0.05, 0) is 73.0 Å². The van der Waals surface area contributed by atoms with Gasteiger partial charge in [-0.1, -0.05) is 67.1 Å². The standard InChI is InChI=1S/C31H38N2O6S/c34-19-20-40(37,38)33-31(36)28-16-15-26(21-30(28)39-27-9-5-2-6-10-27)24-13-11-23(12-14-24)17-18-32-22-29(35)25-7-3-1-4-8-25/h1,3-4,7-8,11-16,21,27,29,32,34-35H,2,5-6,9-10,17-20,22H2,(H,33,36)/t29-/m0/s1. The van der Waals surface area contributed by atoms with Crippen molar-refractivity contribution < 1.29 is 28.2 Å². The Bertz CT molecular complexity index is 1340. The molecule has 0 unspecified atom stereocenters. The summed E-state index contributed by atoms with van der Waals surface area (Å²) >= 11 is 0. The van der Waals surface area contributed by atoms with Crippen LogP contribution in [0.5, 0.6) is 5.75 Å². The zero-order valence-electron chi connectivity index (χ0n) is 22.6. The van der Waals surface area contributed by atoms with Gasteiger partial charge in [-0.3, -0.25) is 4.79 Å². The molecule has 1 aliphatic rings. The van der Waals surface area contributed by atoms with Crippen LogP contribution in [0.4, 0.5) is 0 Å². The lowest BCUT2D eigenvalue weighted by atomic mass is 9.97.